The van der Waals surface area contributed by atoms with Crippen LogP contribution in [0.1, 0.15) is 54.7 Å². The van der Waals surface area contributed by atoms with E-state index < -0.39 is 41.0 Å². The molecule has 2 N–H and O–H groups in total. The molecule has 1 heterocycles. The van der Waals surface area contributed by atoms with E-state index in [4.69, 9.17) is 23.2 Å². The number of anilines is 1. The third-order valence-electron chi connectivity index (χ3n) is 7.12. The van der Waals surface area contributed by atoms with Crippen LogP contribution in [0, 0.1) is 34.3 Å². The van der Waals surface area contributed by atoms with E-state index in [1.165, 1.54) is 59.5 Å². The summed E-state index contributed by atoms with van der Waals surface area (Å²) in [5, 5.41) is 22.8. The monoisotopic (exact) mass is 585 g/mol. The maximum atomic E-state index is 15.7. The van der Waals surface area contributed by atoms with E-state index in [2.05, 4.69) is 11.4 Å². The largest absolute Gasteiger partial charge is 0.478 e. The molecule has 0 saturated carbocycles. The van der Waals surface area contributed by atoms with Gasteiger partial charge in [0.15, 0.2) is 0 Å². The molecular weight excluding hydrogens is 559 g/mol. The van der Waals surface area contributed by atoms with Gasteiger partial charge in [-0.1, -0.05) is 68.2 Å². The van der Waals surface area contributed by atoms with Crippen LogP contribution in [0.2, 0.25) is 10.0 Å². The normalized spacial score (nSPS) is 20.7. The predicted molar refractivity (Wildman–Crippen MR) is 150 cm³/mol. The molecule has 10 heteroatoms. The minimum atomic E-state index is -1.73. The molecule has 0 radical (unpaired) electrons. The molecule has 3 atom stereocenters. The number of rotatable bonds is 5. The third kappa shape index (κ3) is 5.49. The number of carbonyl (C=O) groups excluding carboxylic acids is 1. The van der Waals surface area contributed by atoms with Crippen molar-refractivity contribution in [3.8, 4) is 6.07 Å². The SMILES string of the molecule is CC(C)(C)C[C@@H]1CN(C(=O)Nc2cccc(C(=O)O)c2)[C@H](c2cccc(Cl)c2F)[C@@]1(C#N)c1ccc(Cl)cc1F. The highest BCUT2D eigenvalue weighted by Gasteiger charge is 2.60. The standard InChI is InChI=1S/C30H27Cl2F2N3O3/c1-29(2,3)14-18-15-37(28(40)36-20-7-4-6-17(12-20)27(38)39)26(21-8-5-9-23(32)25(21)34)30(18,16-35)22-11-10-19(31)13-24(22)33/h4-13,18,26H,14-15H2,1-3H3,(H,36,40)(H,38,39)/t18-,26-,30-/m1/s1. The summed E-state index contributed by atoms with van der Waals surface area (Å²) in [6, 6.07) is 14.2. The van der Waals surface area contributed by atoms with Crippen molar-refractivity contribution in [2.75, 3.05) is 11.9 Å². The number of carbonyl (C=O) groups is 2. The second-order valence-electron chi connectivity index (χ2n) is 11.1. The van der Waals surface area contributed by atoms with Crippen LogP contribution < -0.4 is 5.32 Å². The molecule has 0 spiro atoms. The predicted octanol–water partition coefficient (Wildman–Crippen LogP) is 8.07. The number of benzene rings is 3. The van der Waals surface area contributed by atoms with E-state index in [1.807, 2.05) is 20.8 Å². The summed E-state index contributed by atoms with van der Waals surface area (Å²) in [4.78, 5) is 26.6. The number of nitrogens with one attached hydrogen (secondary N) is 1. The Morgan fingerprint density at radius 1 is 1.12 bits per heavy atom. The Balaban J connectivity index is 1.95. The average molecular weight is 586 g/mol. The molecule has 0 unspecified atom stereocenters. The van der Waals surface area contributed by atoms with Crippen LogP contribution in [0.25, 0.3) is 0 Å². The van der Waals surface area contributed by atoms with Crippen LogP contribution in [-0.4, -0.2) is 28.6 Å². The zero-order valence-electron chi connectivity index (χ0n) is 22.0. The zero-order chi connectivity index (χ0) is 29.4. The van der Waals surface area contributed by atoms with E-state index in [-0.39, 0.29) is 44.4 Å². The number of halogens is 4. The number of nitrogens with zero attached hydrogens (tertiary/aromatic N) is 2. The van der Waals surface area contributed by atoms with Crippen LogP contribution in [0.15, 0.2) is 60.7 Å². The lowest BCUT2D eigenvalue weighted by atomic mass is 9.63. The average Bonchev–Trinajstić information content (AvgIpc) is 3.18. The Labute approximate surface area is 241 Å². The summed E-state index contributed by atoms with van der Waals surface area (Å²) in [7, 11) is 0. The van der Waals surface area contributed by atoms with E-state index in [0.29, 0.717) is 6.42 Å². The fraction of sp³-hybridized carbons (Fsp3) is 0.300. The van der Waals surface area contributed by atoms with Gasteiger partial charge in [0.05, 0.1) is 22.7 Å². The molecule has 6 nitrogen and oxygen atoms in total. The second-order valence-corrected chi connectivity index (χ2v) is 11.9. The second kappa shape index (κ2) is 11.1. The van der Waals surface area contributed by atoms with Gasteiger partial charge in [-0.25, -0.2) is 18.4 Å². The number of hydrogen-bond donors (Lipinski definition) is 2. The van der Waals surface area contributed by atoms with Gasteiger partial charge in [-0.2, -0.15) is 5.26 Å². The van der Waals surface area contributed by atoms with Crippen LogP contribution in [0.3, 0.4) is 0 Å². The number of amides is 2. The molecule has 40 heavy (non-hydrogen) atoms. The highest BCUT2D eigenvalue weighted by atomic mass is 35.5. The van der Waals surface area contributed by atoms with E-state index in [0.717, 1.165) is 6.07 Å². The number of aromatic carboxylic acids is 1. The summed E-state index contributed by atoms with van der Waals surface area (Å²) >= 11 is 12.2. The van der Waals surface area contributed by atoms with Crippen molar-refractivity contribution in [1.82, 2.24) is 4.90 Å². The molecule has 0 bridgehead atoms. The first-order valence-corrected chi connectivity index (χ1v) is 13.3. The molecule has 1 saturated heterocycles. The highest BCUT2D eigenvalue weighted by molar-refractivity contribution is 6.31. The topological polar surface area (TPSA) is 93.4 Å². The molecular formula is C30H27Cl2F2N3O3. The fourth-order valence-corrected chi connectivity index (χ4v) is 5.94. The van der Waals surface area contributed by atoms with Crippen molar-refractivity contribution in [3.63, 3.8) is 0 Å². The molecule has 1 fully saturated rings. The molecule has 3 aromatic carbocycles. The van der Waals surface area contributed by atoms with Gasteiger partial charge in [0.1, 0.15) is 17.0 Å². The summed E-state index contributed by atoms with van der Waals surface area (Å²) < 4.78 is 31.4. The lowest BCUT2D eigenvalue weighted by molar-refractivity contribution is 0.0697. The number of urea groups is 1. The lowest BCUT2D eigenvalue weighted by Gasteiger charge is -2.38. The number of hydrogen-bond acceptors (Lipinski definition) is 3. The minimum Gasteiger partial charge on any atom is -0.478 e. The lowest BCUT2D eigenvalue weighted by Crippen LogP contribution is -2.42. The van der Waals surface area contributed by atoms with Gasteiger partial charge in [-0.15, -0.1) is 0 Å². The molecule has 0 aliphatic carbocycles. The molecule has 208 valence electrons. The van der Waals surface area contributed by atoms with E-state index >= 15 is 8.78 Å². The number of carboxylic acid groups (broad SMARTS) is 1. The smallest absolute Gasteiger partial charge is 0.335 e. The molecule has 1 aliphatic heterocycles. The van der Waals surface area contributed by atoms with Gasteiger partial charge < -0.3 is 15.3 Å². The van der Waals surface area contributed by atoms with Crippen LogP contribution in [-0.2, 0) is 5.41 Å². The van der Waals surface area contributed by atoms with Gasteiger partial charge in [0.25, 0.3) is 0 Å². The molecule has 4 rings (SSSR count). The van der Waals surface area contributed by atoms with Crippen LogP contribution in [0.4, 0.5) is 19.3 Å². The van der Waals surface area contributed by atoms with Crippen molar-refractivity contribution in [1.29, 1.82) is 5.26 Å². The first kappa shape index (κ1) is 29.3. The molecule has 1 aliphatic rings. The van der Waals surface area contributed by atoms with Crippen molar-refractivity contribution < 1.29 is 23.5 Å². The Morgan fingerprint density at radius 3 is 2.45 bits per heavy atom. The highest BCUT2D eigenvalue weighted by Crippen LogP contribution is 2.56. The van der Waals surface area contributed by atoms with Crippen molar-refractivity contribution in [2.24, 2.45) is 11.3 Å². The Bertz CT molecular complexity index is 1520. The van der Waals surface area contributed by atoms with Crippen molar-refractivity contribution in [3.05, 3.63) is 99.0 Å². The number of carboxylic acids is 1. The maximum absolute atomic E-state index is 15.7. The number of likely N-dealkylation sites (tertiary alicyclic amines) is 1. The van der Waals surface area contributed by atoms with Gasteiger partial charge in [0.2, 0.25) is 0 Å². The molecule has 2 amide bonds. The van der Waals surface area contributed by atoms with Gasteiger partial charge in [-0.05, 0) is 48.2 Å². The quantitative estimate of drug-likeness (QED) is 0.316. The first-order chi connectivity index (χ1) is 18.8. The summed E-state index contributed by atoms with van der Waals surface area (Å²) in [6.07, 6.45) is 0.388. The van der Waals surface area contributed by atoms with Crippen molar-refractivity contribution in [2.45, 2.75) is 38.6 Å². The first-order valence-electron chi connectivity index (χ1n) is 12.5. The van der Waals surface area contributed by atoms with E-state index in [1.54, 1.807) is 0 Å². The summed E-state index contributed by atoms with van der Waals surface area (Å²) in [6.45, 7) is 5.86. The number of nitriles is 1. The Morgan fingerprint density at radius 2 is 1.82 bits per heavy atom. The van der Waals surface area contributed by atoms with Crippen LogP contribution in [0.5, 0.6) is 0 Å². The summed E-state index contributed by atoms with van der Waals surface area (Å²) in [5.74, 6) is -3.39. The van der Waals surface area contributed by atoms with Gasteiger partial charge in [0, 0.05) is 34.3 Å². The Kier molecular flexibility index (Phi) is 8.11. The molecule has 0 aromatic heterocycles. The Hall–Kier alpha value is -3.67. The maximum Gasteiger partial charge on any atom is 0.335 e. The third-order valence-corrected chi connectivity index (χ3v) is 7.65. The van der Waals surface area contributed by atoms with E-state index in [9.17, 15) is 20.0 Å². The fourth-order valence-electron chi connectivity index (χ4n) is 5.60. The van der Waals surface area contributed by atoms with Gasteiger partial charge in [-0.3, -0.25) is 0 Å². The summed E-state index contributed by atoms with van der Waals surface area (Å²) in [5.41, 5.74) is -2.00. The minimum absolute atomic E-state index is 0.0128. The van der Waals surface area contributed by atoms with Gasteiger partial charge >= 0.3 is 12.0 Å². The van der Waals surface area contributed by atoms with Crippen molar-refractivity contribution >= 4 is 40.9 Å². The zero-order valence-corrected chi connectivity index (χ0v) is 23.5. The van der Waals surface area contributed by atoms with Crippen LogP contribution >= 0.6 is 23.2 Å². The molecule has 3 aromatic rings.